The first-order chi connectivity index (χ1) is 10.0. The van der Waals surface area contributed by atoms with E-state index in [0.717, 1.165) is 22.6 Å². The van der Waals surface area contributed by atoms with Gasteiger partial charge in [-0.2, -0.15) is 0 Å². The molecular weight excluding hydrogens is 286 g/mol. The highest BCUT2D eigenvalue weighted by molar-refractivity contribution is 7.18. The third-order valence-corrected chi connectivity index (χ3v) is 4.65. The number of hydrogen-bond acceptors (Lipinski definition) is 6. The lowest BCUT2D eigenvalue weighted by atomic mass is 9.95. The second kappa shape index (κ2) is 5.46. The van der Waals surface area contributed by atoms with Crippen molar-refractivity contribution < 1.29 is 9.53 Å². The second-order valence-electron chi connectivity index (χ2n) is 5.24. The van der Waals surface area contributed by atoms with E-state index in [1.165, 1.54) is 11.3 Å². The van der Waals surface area contributed by atoms with E-state index in [-0.39, 0.29) is 11.7 Å². The van der Waals surface area contributed by atoms with Crippen LogP contribution in [0.4, 0.5) is 10.8 Å². The van der Waals surface area contributed by atoms with Crippen molar-refractivity contribution in [1.29, 1.82) is 0 Å². The number of nitrogens with zero attached hydrogens (tertiary/aromatic N) is 1. The van der Waals surface area contributed by atoms with Crippen LogP contribution in [0.1, 0.15) is 22.5 Å². The van der Waals surface area contributed by atoms with Crippen molar-refractivity contribution in [3.63, 3.8) is 0 Å². The standard InChI is InChI=1S/C15H17N3O2S/c1-8-14(21-15(17)18-8)11-4-10(5-12(16)6-11)13(19)9-2-3-20-7-9/h4-6,9H,2-3,7,16H2,1H3,(H2,17,18)/t9-/m1/s1. The van der Waals surface area contributed by atoms with E-state index in [1.807, 2.05) is 19.1 Å². The number of nitrogens with two attached hydrogens (primary N) is 2. The van der Waals surface area contributed by atoms with E-state index in [2.05, 4.69) is 4.98 Å². The summed E-state index contributed by atoms with van der Waals surface area (Å²) in [7, 11) is 0. The predicted molar refractivity (Wildman–Crippen MR) is 84.4 cm³/mol. The maximum absolute atomic E-state index is 12.5. The molecule has 2 heterocycles. The maximum Gasteiger partial charge on any atom is 0.180 e. The van der Waals surface area contributed by atoms with Crippen LogP contribution in [-0.2, 0) is 4.74 Å². The Morgan fingerprint density at radius 2 is 2.19 bits per heavy atom. The second-order valence-corrected chi connectivity index (χ2v) is 6.27. The number of aromatic nitrogens is 1. The Hall–Kier alpha value is -1.92. The van der Waals surface area contributed by atoms with Gasteiger partial charge in [-0.15, -0.1) is 0 Å². The first kappa shape index (κ1) is 14.0. The fourth-order valence-electron chi connectivity index (χ4n) is 2.59. The maximum atomic E-state index is 12.5. The zero-order valence-electron chi connectivity index (χ0n) is 11.8. The highest BCUT2D eigenvalue weighted by Gasteiger charge is 2.25. The van der Waals surface area contributed by atoms with Crippen LogP contribution < -0.4 is 11.5 Å². The molecule has 1 aliphatic heterocycles. The van der Waals surface area contributed by atoms with E-state index in [9.17, 15) is 4.79 Å². The average molecular weight is 303 g/mol. The van der Waals surface area contributed by atoms with Crippen LogP contribution in [0.3, 0.4) is 0 Å². The summed E-state index contributed by atoms with van der Waals surface area (Å²) in [6.07, 6.45) is 0.773. The minimum atomic E-state index is -0.0627. The van der Waals surface area contributed by atoms with Gasteiger partial charge >= 0.3 is 0 Å². The molecule has 1 aliphatic rings. The van der Waals surface area contributed by atoms with E-state index in [4.69, 9.17) is 16.2 Å². The normalized spacial score (nSPS) is 18.0. The number of thiazole rings is 1. The zero-order chi connectivity index (χ0) is 15.0. The van der Waals surface area contributed by atoms with Crippen LogP contribution >= 0.6 is 11.3 Å². The van der Waals surface area contributed by atoms with Gasteiger partial charge in [0.05, 0.1) is 17.2 Å². The van der Waals surface area contributed by atoms with Crippen molar-refractivity contribution in [1.82, 2.24) is 4.98 Å². The third-order valence-electron chi connectivity index (χ3n) is 3.62. The number of rotatable bonds is 3. The molecule has 6 heteroatoms. The molecule has 1 saturated heterocycles. The zero-order valence-corrected chi connectivity index (χ0v) is 12.6. The Balaban J connectivity index is 2.00. The van der Waals surface area contributed by atoms with Gasteiger partial charge in [-0.3, -0.25) is 4.79 Å². The van der Waals surface area contributed by atoms with Gasteiger partial charge in [0, 0.05) is 23.8 Å². The first-order valence-corrected chi connectivity index (χ1v) is 7.62. The van der Waals surface area contributed by atoms with Crippen molar-refractivity contribution >= 4 is 27.9 Å². The predicted octanol–water partition coefficient (Wildman–Crippen LogP) is 2.50. The molecule has 1 aromatic carbocycles. The quantitative estimate of drug-likeness (QED) is 0.671. The summed E-state index contributed by atoms with van der Waals surface area (Å²) in [4.78, 5) is 17.7. The summed E-state index contributed by atoms with van der Waals surface area (Å²) in [6.45, 7) is 3.04. The Kier molecular flexibility index (Phi) is 3.65. The van der Waals surface area contributed by atoms with E-state index in [0.29, 0.717) is 29.6 Å². The third kappa shape index (κ3) is 2.77. The number of ether oxygens (including phenoxy) is 1. The van der Waals surface area contributed by atoms with Gasteiger partial charge in [-0.25, -0.2) is 4.98 Å². The van der Waals surface area contributed by atoms with Crippen molar-refractivity contribution in [2.75, 3.05) is 24.7 Å². The largest absolute Gasteiger partial charge is 0.399 e. The lowest BCUT2D eigenvalue weighted by Gasteiger charge is -2.09. The summed E-state index contributed by atoms with van der Waals surface area (Å²) in [6, 6.07) is 5.45. The Morgan fingerprint density at radius 1 is 1.38 bits per heavy atom. The Bertz CT molecular complexity index is 690. The van der Waals surface area contributed by atoms with Crippen LogP contribution in [0.15, 0.2) is 18.2 Å². The number of Topliss-reactive ketones (excluding diaryl/α,β-unsaturated/α-hetero) is 1. The van der Waals surface area contributed by atoms with Gasteiger partial charge in [0.1, 0.15) is 0 Å². The highest BCUT2D eigenvalue weighted by atomic mass is 32.1. The molecule has 0 bridgehead atoms. The molecule has 2 aromatic rings. The highest BCUT2D eigenvalue weighted by Crippen LogP contribution is 2.33. The number of hydrogen-bond donors (Lipinski definition) is 2. The number of ketones is 1. The molecule has 0 saturated carbocycles. The lowest BCUT2D eigenvalue weighted by Crippen LogP contribution is -2.14. The molecule has 4 N–H and O–H groups in total. The van der Waals surface area contributed by atoms with Gasteiger partial charge < -0.3 is 16.2 Å². The molecule has 110 valence electrons. The summed E-state index contributed by atoms with van der Waals surface area (Å²) < 4.78 is 5.29. The first-order valence-electron chi connectivity index (χ1n) is 6.80. The van der Waals surface area contributed by atoms with Gasteiger partial charge in [-0.05, 0) is 37.1 Å². The minimum absolute atomic E-state index is 0.0627. The number of benzene rings is 1. The Labute approximate surface area is 126 Å². The number of anilines is 2. The fourth-order valence-corrected chi connectivity index (χ4v) is 3.41. The van der Waals surface area contributed by atoms with Gasteiger partial charge in [-0.1, -0.05) is 11.3 Å². The van der Waals surface area contributed by atoms with E-state index >= 15 is 0 Å². The van der Waals surface area contributed by atoms with Crippen LogP contribution in [0.5, 0.6) is 0 Å². The molecule has 0 radical (unpaired) electrons. The van der Waals surface area contributed by atoms with Crippen LogP contribution in [-0.4, -0.2) is 24.0 Å². The van der Waals surface area contributed by atoms with Crippen molar-refractivity contribution in [2.24, 2.45) is 5.92 Å². The molecular formula is C15H17N3O2S. The van der Waals surface area contributed by atoms with Gasteiger partial charge in [0.2, 0.25) is 0 Å². The molecule has 1 aromatic heterocycles. The monoisotopic (exact) mass is 303 g/mol. The number of nitrogen functional groups attached to an aromatic ring is 2. The van der Waals surface area contributed by atoms with E-state index in [1.54, 1.807) is 6.07 Å². The summed E-state index contributed by atoms with van der Waals surface area (Å²) in [5.74, 6) is 0.0310. The van der Waals surface area contributed by atoms with Gasteiger partial charge in [0.25, 0.3) is 0 Å². The van der Waals surface area contributed by atoms with Crippen LogP contribution in [0.25, 0.3) is 10.4 Å². The summed E-state index contributed by atoms with van der Waals surface area (Å²) >= 11 is 1.40. The molecule has 1 atom stereocenters. The van der Waals surface area contributed by atoms with Crippen molar-refractivity contribution in [3.8, 4) is 10.4 Å². The average Bonchev–Trinajstić information content (AvgIpc) is 3.07. The van der Waals surface area contributed by atoms with Crippen molar-refractivity contribution in [2.45, 2.75) is 13.3 Å². The Morgan fingerprint density at radius 3 is 2.81 bits per heavy atom. The molecule has 0 spiro atoms. The summed E-state index contributed by atoms with van der Waals surface area (Å²) in [5, 5.41) is 0.516. The molecule has 3 rings (SSSR count). The van der Waals surface area contributed by atoms with Crippen LogP contribution in [0.2, 0.25) is 0 Å². The van der Waals surface area contributed by atoms with E-state index < -0.39 is 0 Å². The topological polar surface area (TPSA) is 91.2 Å². The van der Waals surface area contributed by atoms with Crippen molar-refractivity contribution in [3.05, 3.63) is 29.5 Å². The lowest BCUT2D eigenvalue weighted by molar-refractivity contribution is 0.0900. The minimum Gasteiger partial charge on any atom is -0.399 e. The molecule has 0 amide bonds. The molecule has 1 fully saturated rings. The SMILES string of the molecule is Cc1nc(N)sc1-c1cc(N)cc(C(=O)[C@@H]2CCOC2)c1. The molecule has 0 unspecified atom stereocenters. The smallest absolute Gasteiger partial charge is 0.180 e. The fraction of sp³-hybridized carbons (Fsp3) is 0.333. The summed E-state index contributed by atoms with van der Waals surface area (Å²) in [5.41, 5.74) is 14.7. The number of carbonyl (C=O) groups excluding carboxylic acids is 1. The molecule has 21 heavy (non-hydrogen) atoms. The van der Waals surface area contributed by atoms with Gasteiger partial charge in [0.15, 0.2) is 10.9 Å². The van der Waals surface area contributed by atoms with Crippen LogP contribution in [0, 0.1) is 12.8 Å². The molecule has 5 nitrogen and oxygen atoms in total. The number of carbonyl (C=O) groups is 1. The molecule has 0 aliphatic carbocycles. The number of aryl methyl sites for hydroxylation is 1.